The van der Waals surface area contributed by atoms with Gasteiger partial charge in [0.2, 0.25) is 5.91 Å². The molecule has 138 valence electrons. The second-order valence-electron chi connectivity index (χ2n) is 6.10. The van der Waals surface area contributed by atoms with Crippen molar-refractivity contribution < 1.29 is 9.59 Å². The molecule has 0 bridgehead atoms. The summed E-state index contributed by atoms with van der Waals surface area (Å²) in [5.41, 5.74) is 3.58. The molecule has 7 heteroatoms. The van der Waals surface area contributed by atoms with Crippen molar-refractivity contribution in [1.29, 1.82) is 0 Å². The molecule has 27 heavy (non-hydrogen) atoms. The summed E-state index contributed by atoms with van der Waals surface area (Å²) in [4.78, 5) is 29.1. The third kappa shape index (κ3) is 4.53. The summed E-state index contributed by atoms with van der Waals surface area (Å²) in [6.07, 6.45) is 0. The quantitative estimate of drug-likeness (QED) is 0.626. The van der Waals surface area contributed by atoms with Crippen molar-refractivity contribution in [3.8, 4) is 10.6 Å². The lowest BCUT2D eigenvalue weighted by atomic mass is 10.2. The van der Waals surface area contributed by atoms with Gasteiger partial charge in [0.05, 0.1) is 0 Å². The topological polar surface area (TPSA) is 71.1 Å². The molecule has 0 radical (unpaired) electrons. The van der Waals surface area contributed by atoms with Crippen molar-refractivity contribution in [2.45, 2.75) is 20.8 Å². The number of nitrogens with one attached hydrogen (secondary N) is 2. The van der Waals surface area contributed by atoms with Gasteiger partial charge < -0.3 is 10.6 Å². The monoisotopic (exact) mass is 399 g/mol. The highest BCUT2D eigenvalue weighted by atomic mass is 35.5. The van der Waals surface area contributed by atoms with Crippen LogP contribution in [0.4, 0.5) is 11.4 Å². The summed E-state index contributed by atoms with van der Waals surface area (Å²) in [6, 6.07) is 12.7. The normalized spacial score (nSPS) is 10.5. The van der Waals surface area contributed by atoms with Crippen LogP contribution in [0.2, 0.25) is 5.02 Å². The van der Waals surface area contributed by atoms with Crippen molar-refractivity contribution in [3.05, 3.63) is 63.6 Å². The zero-order chi connectivity index (χ0) is 19.6. The Morgan fingerprint density at radius 1 is 1.04 bits per heavy atom. The Kier molecular flexibility index (Phi) is 5.58. The van der Waals surface area contributed by atoms with Gasteiger partial charge >= 0.3 is 0 Å². The second-order valence-corrected chi connectivity index (χ2v) is 7.74. The van der Waals surface area contributed by atoms with Gasteiger partial charge in [-0.25, -0.2) is 4.98 Å². The van der Waals surface area contributed by atoms with E-state index in [0.29, 0.717) is 22.1 Å². The molecule has 0 fully saturated rings. The van der Waals surface area contributed by atoms with E-state index in [9.17, 15) is 9.59 Å². The molecule has 3 aromatic rings. The van der Waals surface area contributed by atoms with E-state index in [4.69, 9.17) is 11.6 Å². The maximum Gasteiger partial charge on any atom is 0.275 e. The first-order chi connectivity index (χ1) is 12.8. The van der Waals surface area contributed by atoms with E-state index >= 15 is 0 Å². The van der Waals surface area contributed by atoms with Crippen LogP contribution in [0.25, 0.3) is 10.6 Å². The molecule has 0 spiro atoms. The first kappa shape index (κ1) is 19.1. The number of benzene rings is 2. The number of amides is 2. The molecular weight excluding hydrogens is 382 g/mol. The molecule has 0 aliphatic rings. The molecular formula is C20H18ClN3O2S. The summed E-state index contributed by atoms with van der Waals surface area (Å²) in [5.74, 6) is -0.390. The number of carbonyl (C=O) groups is 2. The minimum absolute atomic E-state index is 0.122. The number of aryl methyl sites for hydroxylation is 2. The summed E-state index contributed by atoms with van der Waals surface area (Å²) in [5, 5.41) is 6.91. The maximum atomic E-state index is 12.7. The van der Waals surface area contributed by atoms with Crippen LogP contribution >= 0.6 is 22.9 Å². The average molecular weight is 400 g/mol. The Balaban J connectivity index is 1.82. The Morgan fingerprint density at radius 3 is 2.41 bits per heavy atom. The van der Waals surface area contributed by atoms with Crippen LogP contribution in [0.5, 0.6) is 0 Å². The van der Waals surface area contributed by atoms with Crippen molar-refractivity contribution in [2.24, 2.45) is 0 Å². The third-order valence-electron chi connectivity index (χ3n) is 3.91. The lowest BCUT2D eigenvalue weighted by molar-refractivity contribution is -0.114. The second kappa shape index (κ2) is 7.90. The minimum Gasteiger partial charge on any atom is -0.326 e. The minimum atomic E-state index is -0.268. The van der Waals surface area contributed by atoms with Crippen LogP contribution in [0, 0.1) is 13.8 Å². The zero-order valence-corrected chi connectivity index (χ0v) is 16.7. The van der Waals surface area contributed by atoms with Gasteiger partial charge in [-0.3, -0.25) is 9.59 Å². The van der Waals surface area contributed by atoms with E-state index in [2.05, 4.69) is 15.6 Å². The molecule has 0 saturated carbocycles. The SMILES string of the molecule is CC(=O)Nc1ccc(-c2nc(C(=O)Nc3cc(Cl)ccc3C)c(C)s2)cc1. The highest BCUT2D eigenvalue weighted by Gasteiger charge is 2.17. The third-order valence-corrected chi connectivity index (χ3v) is 5.17. The predicted molar refractivity (Wildman–Crippen MR) is 111 cm³/mol. The van der Waals surface area contributed by atoms with Crippen LogP contribution in [-0.4, -0.2) is 16.8 Å². The Bertz CT molecular complexity index is 1010. The number of nitrogens with zero attached hydrogens (tertiary/aromatic N) is 1. The van der Waals surface area contributed by atoms with Crippen molar-refractivity contribution >= 4 is 46.1 Å². The van der Waals surface area contributed by atoms with Gasteiger partial charge in [-0.05, 0) is 55.8 Å². The first-order valence-electron chi connectivity index (χ1n) is 8.26. The smallest absolute Gasteiger partial charge is 0.275 e. The molecule has 1 heterocycles. The number of halogens is 1. The zero-order valence-electron chi connectivity index (χ0n) is 15.1. The van der Waals surface area contributed by atoms with E-state index in [1.165, 1.54) is 18.3 Å². The fourth-order valence-electron chi connectivity index (χ4n) is 2.54. The largest absolute Gasteiger partial charge is 0.326 e. The van der Waals surface area contributed by atoms with E-state index in [1.807, 2.05) is 44.2 Å². The number of hydrogen-bond acceptors (Lipinski definition) is 4. The van der Waals surface area contributed by atoms with E-state index < -0.39 is 0 Å². The van der Waals surface area contributed by atoms with E-state index in [0.717, 1.165) is 21.0 Å². The van der Waals surface area contributed by atoms with E-state index in [1.54, 1.807) is 12.1 Å². The fraction of sp³-hybridized carbons (Fsp3) is 0.150. The van der Waals surface area contributed by atoms with Crippen molar-refractivity contribution in [2.75, 3.05) is 10.6 Å². The molecule has 0 unspecified atom stereocenters. The molecule has 0 aliphatic carbocycles. The molecule has 0 saturated heterocycles. The molecule has 0 aliphatic heterocycles. The van der Waals surface area contributed by atoms with Crippen LogP contribution in [-0.2, 0) is 4.79 Å². The molecule has 3 rings (SSSR count). The van der Waals surface area contributed by atoms with Gasteiger partial charge in [-0.15, -0.1) is 11.3 Å². The predicted octanol–water partition coefficient (Wildman–Crippen LogP) is 5.29. The van der Waals surface area contributed by atoms with Gasteiger partial charge in [0.15, 0.2) is 0 Å². The van der Waals surface area contributed by atoms with Gasteiger partial charge in [0.1, 0.15) is 10.7 Å². The van der Waals surface area contributed by atoms with Crippen LogP contribution < -0.4 is 10.6 Å². The van der Waals surface area contributed by atoms with Crippen molar-refractivity contribution in [1.82, 2.24) is 4.98 Å². The highest BCUT2D eigenvalue weighted by Crippen LogP contribution is 2.29. The Labute approximate surface area is 166 Å². The molecule has 1 aromatic heterocycles. The van der Waals surface area contributed by atoms with Crippen LogP contribution in [0.15, 0.2) is 42.5 Å². The number of hydrogen-bond donors (Lipinski definition) is 2. The number of carbonyl (C=O) groups excluding carboxylic acids is 2. The van der Waals surface area contributed by atoms with Gasteiger partial charge in [0.25, 0.3) is 5.91 Å². The van der Waals surface area contributed by atoms with Crippen LogP contribution in [0.1, 0.15) is 27.9 Å². The van der Waals surface area contributed by atoms with Crippen molar-refractivity contribution in [3.63, 3.8) is 0 Å². The number of anilines is 2. The summed E-state index contributed by atoms with van der Waals surface area (Å²) >= 11 is 7.46. The Morgan fingerprint density at radius 2 is 1.74 bits per heavy atom. The van der Waals surface area contributed by atoms with Gasteiger partial charge in [0, 0.05) is 33.8 Å². The van der Waals surface area contributed by atoms with Crippen LogP contribution in [0.3, 0.4) is 0 Å². The standard InChI is InChI=1S/C20H18ClN3O2S/c1-11-4-7-15(21)10-17(11)23-19(26)18-12(2)27-20(24-18)14-5-8-16(9-6-14)22-13(3)25/h4-10H,1-3H3,(H,22,25)(H,23,26). The maximum absolute atomic E-state index is 12.7. The van der Waals surface area contributed by atoms with Gasteiger partial charge in [-0.2, -0.15) is 0 Å². The number of thiazole rings is 1. The number of aromatic nitrogens is 1. The van der Waals surface area contributed by atoms with E-state index in [-0.39, 0.29) is 11.8 Å². The summed E-state index contributed by atoms with van der Waals surface area (Å²) < 4.78 is 0. The number of rotatable bonds is 4. The summed E-state index contributed by atoms with van der Waals surface area (Å²) in [6.45, 7) is 5.24. The molecule has 2 amide bonds. The summed E-state index contributed by atoms with van der Waals surface area (Å²) in [7, 11) is 0. The molecule has 0 atom stereocenters. The molecule has 5 nitrogen and oxygen atoms in total. The highest BCUT2D eigenvalue weighted by molar-refractivity contribution is 7.15. The molecule has 2 aromatic carbocycles. The average Bonchev–Trinajstić information content (AvgIpc) is 3.00. The molecule has 2 N–H and O–H groups in total. The lowest BCUT2D eigenvalue weighted by Crippen LogP contribution is -2.14. The van der Waals surface area contributed by atoms with Gasteiger partial charge in [-0.1, -0.05) is 17.7 Å². The fourth-order valence-corrected chi connectivity index (χ4v) is 3.63. The lowest BCUT2D eigenvalue weighted by Gasteiger charge is -2.08. The Hall–Kier alpha value is -2.70. The first-order valence-corrected chi connectivity index (χ1v) is 9.46.